The molecule has 6 heteroatoms. The van der Waals surface area contributed by atoms with Gasteiger partial charge in [0.2, 0.25) is 66.1 Å². The summed E-state index contributed by atoms with van der Waals surface area (Å²) in [5.74, 6) is 0. The molecule has 0 aromatic carbocycles. The molecule has 0 atom stereocenters. The van der Waals surface area contributed by atoms with E-state index < -0.39 is 0 Å². The van der Waals surface area contributed by atoms with E-state index in [4.69, 9.17) is 0 Å². The van der Waals surface area contributed by atoms with Crippen LogP contribution in [0, 0.1) is 0 Å². The summed E-state index contributed by atoms with van der Waals surface area (Å²) in [6.45, 7) is 8.33. The third-order valence-corrected chi connectivity index (χ3v) is 2.08. The summed E-state index contributed by atoms with van der Waals surface area (Å²) in [7, 11) is 0. The van der Waals surface area contributed by atoms with Gasteiger partial charge in [-0.2, -0.15) is 0 Å². The molecule has 0 saturated carbocycles. The van der Waals surface area contributed by atoms with Crippen LogP contribution in [-0.4, -0.2) is 89.8 Å². The first kappa shape index (κ1) is 17.4. The minimum absolute atomic E-state index is 0. The predicted octanol–water partition coefficient (Wildman–Crippen LogP) is -5.36. The van der Waals surface area contributed by atoms with E-state index in [2.05, 4.69) is 23.7 Å². The van der Waals surface area contributed by atoms with Gasteiger partial charge in [-0.05, 0) is 0 Å². The van der Waals surface area contributed by atoms with Crippen LogP contribution >= 0.6 is 0 Å². The van der Waals surface area contributed by atoms with E-state index in [1.54, 1.807) is 0 Å². The summed E-state index contributed by atoms with van der Waals surface area (Å²) in [6.07, 6.45) is 0. The molecule has 0 amide bonds. The van der Waals surface area contributed by atoms with Crippen LogP contribution in [0.5, 0.6) is 0 Å². The zero-order valence-electron chi connectivity index (χ0n) is 10.3. The zero-order chi connectivity index (χ0) is 10.6. The Kier molecular flexibility index (Phi) is 15.8. The van der Waals surface area contributed by atoms with Gasteiger partial charge < -0.3 is 23.7 Å². The SMILES string of the molecule is C1C[OH+]CC[OH+]CC[OH+]CC[OH+]CC[OH+]1.[K+]. The van der Waals surface area contributed by atoms with E-state index in [9.17, 15) is 0 Å². The first-order valence-electron chi connectivity index (χ1n) is 5.66. The fourth-order valence-corrected chi connectivity index (χ4v) is 1.27. The molecule has 0 aromatic rings. The molecule has 16 heavy (non-hydrogen) atoms. The predicted molar refractivity (Wildman–Crippen MR) is 59.8 cm³/mol. The molecule has 90 valence electrons. The monoisotopic (exact) mass is 264 g/mol. The molecular formula is C10H25KO5+6. The van der Waals surface area contributed by atoms with Crippen LogP contribution in [0.3, 0.4) is 0 Å². The van der Waals surface area contributed by atoms with Gasteiger partial charge in [0, 0.05) is 0 Å². The van der Waals surface area contributed by atoms with Crippen molar-refractivity contribution in [2.75, 3.05) is 66.1 Å². The Morgan fingerprint density at radius 2 is 0.438 bits per heavy atom. The van der Waals surface area contributed by atoms with E-state index in [-0.39, 0.29) is 51.4 Å². The quantitative estimate of drug-likeness (QED) is 0.310. The molecule has 0 unspecified atom stereocenters. The Morgan fingerprint density at radius 1 is 0.312 bits per heavy atom. The van der Waals surface area contributed by atoms with E-state index in [0.29, 0.717) is 0 Å². The number of rotatable bonds is 0. The van der Waals surface area contributed by atoms with E-state index in [0.717, 1.165) is 66.1 Å². The van der Waals surface area contributed by atoms with Crippen molar-refractivity contribution < 1.29 is 75.1 Å². The number of hydrogen-bond donors (Lipinski definition) is 0. The summed E-state index contributed by atoms with van der Waals surface area (Å²) in [6, 6.07) is 0. The van der Waals surface area contributed by atoms with Gasteiger partial charge >= 0.3 is 51.4 Å². The Hall–Kier alpha value is 1.44. The number of ether oxygens (including phenoxy) is 5. The summed E-state index contributed by atoms with van der Waals surface area (Å²) < 4.78 is 21.7. The first-order chi connectivity index (χ1) is 7.50. The summed E-state index contributed by atoms with van der Waals surface area (Å²) in [5.41, 5.74) is 0. The van der Waals surface area contributed by atoms with Crippen molar-refractivity contribution in [1.82, 2.24) is 0 Å². The summed E-state index contributed by atoms with van der Waals surface area (Å²) in [5, 5.41) is 0. The fourth-order valence-electron chi connectivity index (χ4n) is 1.27. The first-order valence-corrected chi connectivity index (χ1v) is 5.66. The molecule has 5 N–H and O–H groups in total. The molecule has 1 aliphatic rings. The second-order valence-electron chi connectivity index (χ2n) is 3.35. The van der Waals surface area contributed by atoms with Gasteiger partial charge in [-0.1, -0.05) is 0 Å². The van der Waals surface area contributed by atoms with Gasteiger partial charge in [0.05, 0.1) is 0 Å². The van der Waals surface area contributed by atoms with Crippen molar-refractivity contribution in [3.05, 3.63) is 0 Å². The maximum absolute atomic E-state index is 4.33. The maximum atomic E-state index is 4.33. The van der Waals surface area contributed by atoms with Gasteiger partial charge in [-0.15, -0.1) is 0 Å². The Morgan fingerprint density at radius 3 is 0.562 bits per heavy atom. The van der Waals surface area contributed by atoms with Crippen molar-refractivity contribution in [3.63, 3.8) is 0 Å². The molecule has 1 rings (SSSR count). The third-order valence-electron chi connectivity index (χ3n) is 2.08. The van der Waals surface area contributed by atoms with Crippen molar-refractivity contribution in [1.29, 1.82) is 0 Å². The molecular weight excluding hydrogens is 239 g/mol. The molecule has 0 spiro atoms. The van der Waals surface area contributed by atoms with Crippen LogP contribution in [0.15, 0.2) is 0 Å². The van der Waals surface area contributed by atoms with Crippen molar-refractivity contribution in [2.24, 2.45) is 0 Å². The molecule has 1 fully saturated rings. The molecule has 0 radical (unpaired) electrons. The topological polar surface area (TPSA) is 64.0 Å². The van der Waals surface area contributed by atoms with Crippen LogP contribution in [0.2, 0.25) is 0 Å². The summed E-state index contributed by atoms with van der Waals surface area (Å²) in [4.78, 5) is 0. The third kappa shape index (κ3) is 11.9. The maximum Gasteiger partial charge on any atom is 1.00 e. The molecule has 5 nitrogen and oxygen atoms in total. The van der Waals surface area contributed by atoms with Gasteiger partial charge in [-0.25, -0.2) is 0 Å². The smallest absolute Gasteiger partial charge is 0.422 e. The van der Waals surface area contributed by atoms with Gasteiger partial charge in [0.15, 0.2) is 0 Å². The van der Waals surface area contributed by atoms with Crippen LogP contribution in [0.4, 0.5) is 0 Å². The molecule has 1 saturated heterocycles. The standard InChI is InChI=1S/C10H20O5.K/c1-2-12-5-6-14-9-10-15-8-7-13-4-3-11-1;/h1-10H2;/q;+1/p+5. The van der Waals surface area contributed by atoms with Crippen molar-refractivity contribution in [3.8, 4) is 0 Å². The normalized spacial score (nSPS) is 22.5. The minimum atomic E-state index is 0. The molecule has 0 aliphatic carbocycles. The fraction of sp³-hybridized carbons (Fsp3) is 1.00. The van der Waals surface area contributed by atoms with E-state index in [1.807, 2.05) is 0 Å². The van der Waals surface area contributed by atoms with Crippen LogP contribution < -0.4 is 51.4 Å². The molecule has 0 aromatic heterocycles. The second-order valence-corrected chi connectivity index (χ2v) is 3.35. The summed E-state index contributed by atoms with van der Waals surface area (Å²) >= 11 is 0. The van der Waals surface area contributed by atoms with Crippen LogP contribution in [0.1, 0.15) is 0 Å². The van der Waals surface area contributed by atoms with Crippen molar-refractivity contribution in [2.45, 2.75) is 0 Å². The van der Waals surface area contributed by atoms with Crippen LogP contribution in [-0.2, 0) is 0 Å². The van der Waals surface area contributed by atoms with Crippen molar-refractivity contribution >= 4 is 0 Å². The minimum Gasteiger partial charge on any atom is -0.422 e. The molecule has 1 aliphatic heterocycles. The van der Waals surface area contributed by atoms with E-state index in [1.165, 1.54) is 0 Å². The van der Waals surface area contributed by atoms with Crippen LogP contribution in [0.25, 0.3) is 0 Å². The molecule has 0 bridgehead atoms. The molecule has 1 heterocycles. The number of aliphatic hydroxyl groups is 10. The average Bonchev–Trinajstić information content (AvgIpc) is 2.27. The Bertz CT molecular complexity index is 77.8. The van der Waals surface area contributed by atoms with Gasteiger partial charge in [0.1, 0.15) is 0 Å². The van der Waals surface area contributed by atoms with E-state index >= 15 is 0 Å². The Balaban J connectivity index is 0.00000225. The second kappa shape index (κ2) is 14.5. The number of hydrogen-bond acceptors (Lipinski definition) is 0. The average molecular weight is 264 g/mol. The largest absolute Gasteiger partial charge is 1.00 e. The van der Waals surface area contributed by atoms with Gasteiger partial charge in [-0.3, -0.25) is 0 Å². The zero-order valence-corrected chi connectivity index (χ0v) is 13.4. The van der Waals surface area contributed by atoms with Gasteiger partial charge in [0.25, 0.3) is 0 Å². The Labute approximate surface area is 140 Å².